The lowest BCUT2D eigenvalue weighted by Crippen LogP contribution is -2.28. The molecule has 5 heteroatoms. The summed E-state index contributed by atoms with van der Waals surface area (Å²) >= 11 is 0. The van der Waals surface area contributed by atoms with Crippen LogP contribution in [0.25, 0.3) is 10.9 Å². The number of nitrogens with one attached hydrogen (secondary N) is 2. The highest BCUT2D eigenvalue weighted by Gasteiger charge is 2.09. The van der Waals surface area contributed by atoms with Gasteiger partial charge >= 0.3 is 0 Å². The van der Waals surface area contributed by atoms with Gasteiger partial charge in [0, 0.05) is 30.2 Å². The molecule has 0 aliphatic heterocycles. The molecule has 0 atom stereocenters. The molecule has 1 aromatic carbocycles. The highest BCUT2D eigenvalue weighted by molar-refractivity contribution is 6.06. The van der Waals surface area contributed by atoms with E-state index in [1.165, 1.54) is 0 Å². The second-order valence-electron chi connectivity index (χ2n) is 3.29. The van der Waals surface area contributed by atoms with Gasteiger partial charge in [-0.05, 0) is 6.07 Å². The zero-order valence-electron chi connectivity index (χ0n) is 8.69. The van der Waals surface area contributed by atoms with Gasteiger partial charge in [0.25, 0.3) is 5.91 Å². The first kappa shape index (κ1) is 12.5. The number of amides is 1. The van der Waals surface area contributed by atoms with Crippen LogP contribution in [0.4, 0.5) is 0 Å². The first-order chi connectivity index (χ1) is 7.33. The van der Waals surface area contributed by atoms with Crippen molar-refractivity contribution in [1.29, 1.82) is 0 Å². The number of rotatable bonds is 3. The summed E-state index contributed by atoms with van der Waals surface area (Å²) in [6, 6.07) is 7.70. The van der Waals surface area contributed by atoms with Crippen LogP contribution in [0, 0.1) is 0 Å². The fourth-order valence-corrected chi connectivity index (χ4v) is 1.54. The van der Waals surface area contributed by atoms with Crippen molar-refractivity contribution in [3.05, 3.63) is 36.0 Å². The van der Waals surface area contributed by atoms with Crippen molar-refractivity contribution in [3.63, 3.8) is 0 Å². The topological polar surface area (TPSA) is 70.9 Å². The molecular formula is C11H14ClN3O. The van der Waals surface area contributed by atoms with Gasteiger partial charge in [-0.2, -0.15) is 0 Å². The van der Waals surface area contributed by atoms with Crippen molar-refractivity contribution < 1.29 is 4.79 Å². The molecule has 0 aliphatic carbocycles. The summed E-state index contributed by atoms with van der Waals surface area (Å²) in [5.41, 5.74) is 6.95. The van der Waals surface area contributed by atoms with Crippen molar-refractivity contribution in [2.24, 2.45) is 5.73 Å². The normalized spacial score (nSPS) is 9.81. The second kappa shape index (κ2) is 5.53. The van der Waals surface area contributed by atoms with Crippen LogP contribution in [0.1, 0.15) is 10.4 Å². The van der Waals surface area contributed by atoms with Crippen LogP contribution in [0.2, 0.25) is 0 Å². The fraction of sp³-hybridized carbons (Fsp3) is 0.182. The number of halogens is 1. The van der Waals surface area contributed by atoms with Gasteiger partial charge in [-0.1, -0.05) is 18.2 Å². The number of nitrogens with two attached hydrogens (primary N) is 1. The Kier molecular flexibility index (Phi) is 4.34. The molecule has 0 saturated carbocycles. The van der Waals surface area contributed by atoms with E-state index in [1.807, 2.05) is 24.3 Å². The van der Waals surface area contributed by atoms with E-state index in [0.717, 1.165) is 10.9 Å². The Morgan fingerprint density at radius 1 is 1.38 bits per heavy atom. The first-order valence-electron chi connectivity index (χ1n) is 4.87. The van der Waals surface area contributed by atoms with E-state index in [1.54, 1.807) is 6.20 Å². The predicted molar refractivity (Wildman–Crippen MR) is 66.9 cm³/mol. The number of para-hydroxylation sites is 1. The Bertz CT molecular complexity index is 481. The Morgan fingerprint density at radius 3 is 2.88 bits per heavy atom. The number of carbonyl (C=O) groups is 1. The van der Waals surface area contributed by atoms with E-state index < -0.39 is 0 Å². The Hall–Kier alpha value is -1.52. The lowest BCUT2D eigenvalue weighted by Gasteiger charge is -2.01. The van der Waals surface area contributed by atoms with Crippen LogP contribution in [0.3, 0.4) is 0 Å². The molecule has 4 nitrogen and oxygen atoms in total. The molecule has 0 radical (unpaired) electrons. The molecule has 4 N–H and O–H groups in total. The molecular weight excluding hydrogens is 226 g/mol. The molecule has 0 aliphatic rings. The van der Waals surface area contributed by atoms with Crippen molar-refractivity contribution in [2.45, 2.75) is 0 Å². The van der Waals surface area contributed by atoms with Crippen molar-refractivity contribution >= 4 is 29.2 Å². The maximum absolute atomic E-state index is 11.7. The van der Waals surface area contributed by atoms with Gasteiger partial charge in [0.2, 0.25) is 0 Å². The van der Waals surface area contributed by atoms with Crippen LogP contribution in [-0.4, -0.2) is 24.0 Å². The Labute approximate surface area is 99.6 Å². The molecule has 1 aromatic heterocycles. The zero-order chi connectivity index (χ0) is 10.7. The minimum absolute atomic E-state index is 0. The summed E-state index contributed by atoms with van der Waals surface area (Å²) < 4.78 is 0. The third-order valence-electron chi connectivity index (χ3n) is 2.26. The van der Waals surface area contributed by atoms with Crippen LogP contribution in [0.5, 0.6) is 0 Å². The molecule has 86 valence electrons. The number of fused-ring (bicyclic) bond motifs is 1. The van der Waals surface area contributed by atoms with Crippen LogP contribution < -0.4 is 11.1 Å². The molecule has 0 bridgehead atoms. The van der Waals surface area contributed by atoms with Crippen LogP contribution in [0.15, 0.2) is 30.5 Å². The van der Waals surface area contributed by atoms with E-state index in [-0.39, 0.29) is 18.3 Å². The monoisotopic (exact) mass is 239 g/mol. The number of aromatic amines is 1. The Morgan fingerprint density at radius 2 is 2.12 bits per heavy atom. The van der Waals surface area contributed by atoms with E-state index >= 15 is 0 Å². The quantitative estimate of drug-likeness (QED) is 0.755. The summed E-state index contributed by atoms with van der Waals surface area (Å²) in [4.78, 5) is 14.7. The second-order valence-corrected chi connectivity index (χ2v) is 3.29. The summed E-state index contributed by atoms with van der Waals surface area (Å²) in [7, 11) is 0. The Balaban J connectivity index is 0.00000128. The number of benzene rings is 1. The number of hydrogen-bond donors (Lipinski definition) is 3. The summed E-state index contributed by atoms with van der Waals surface area (Å²) in [5, 5.41) is 3.68. The first-order valence-corrected chi connectivity index (χ1v) is 4.87. The maximum Gasteiger partial charge on any atom is 0.253 e. The summed E-state index contributed by atoms with van der Waals surface area (Å²) in [6.07, 6.45) is 1.72. The largest absolute Gasteiger partial charge is 0.360 e. The van der Waals surface area contributed by atoms with Crippen LogP contribution >= 0.6 is 12.4 Å². The maximum atomic E-state index is 11.7. The van der Waals surface area contributed by atoms with Crippen molar-refractivity contribution in [1.82, 2.24) is 10.3 Å². The highest BCUT2D eigenvalue weighted by Crippen LogP contribution is 2.17. The van der Waals surface area contributed by atoms with Gasteiger partial charge in [-0.3, -0.25) is 4.79 Å². The average molecular weight is 240 g/mol. The van der Waals surface area contributed by atoms with E-state index in [4.69, 9.17) is 5.73 Å². The molecule has 1 heterocycles. The molecule has 0 saturated heterocycles. The zero-order valence-corrected chi connectivity index (χ0v) is 9.51. The van der Waals surface area contributed by atoms with Crippen molar-refractivity contribution in [2.75, 3.05) is 13.1 Å². The predicted octanol–water partition coefficient (Wildman–Crippen LogP) is 1.28. The minimum atomic E-state index is -0.0853. The summed E-state index contributed by atoms with van der Waals surface area (Å²) in [6.45, 7) is 0.951. The van der Waals surface area contributed by atoms with Gasteiger partial charge in [-0.25, -0.2) is 0 Å². The molecule has 0 fully saturated rings. The van der Waals surface area contributed by atoms with Crippen LogP contribution in [-0.2, 0) is 0 Å². The third-order valence-corrected chi connectivity index (χ3v) is 2.26. The van der Waals surface area contributed by atoms with Gasteiger partial charge in [0.15, 0.2) is 0 Å². The van der Waals surface area contributed by atoms with Gasteiger partial charge in [-0.15, -0.1) is 12.4 Å². The highest BCUT2D eigenvalue weighted by atomic mass is 35.5. The van der Waals surface area contributed by atoms with Crippen molar-refractivity contribution in [3.8, 4) is 0 Å². The molecule has 2 rings (SSSR count). The number of aromatic nitrogens is 1. The smallest absolute Gasteiger partial charge is 0.253 e. The third kappa shape index (κ3) is 2.35. The van der Waals surface area contributed by atoms with E-state index in [0.29, 0.717) is 18.7 Å². The average Bonchev–Trinajstić information content (AvgIpc) is 2.69. The molecule has 0 unspecified atom stereocenters. The number of carbonyl (C=O) groups excluding carboxylic acids is 1. The van der Waals surface area contributed by atoms with E-state index in [9.17, 15) is 4.79 Å². The lowest BCUT2D eigenvalue weighted by atomic mass is 10.1. The standard InChI is InChI=1S/C11H13N3O.ClH/c12-5-6-13-11(15)9-7-14-10-4-2-1-3-8(9)10;/h1-4,7,14H,5-6,12H2,(H,13,15);1H. The molecule has 0 spiro atoms. The lowest BCUT2D eigenvalue weighted by molar-refractivity contribution is 0.0956. The fourth-order valence-electron chi connectivity index (χ4n) is 1.54. The molecule has 2 aromatic rings. The van der Waals surface area contributed by atoms with E-state index in [2.05, 4.69) is 10.3 Å². The summed E-state index contributed by atoms with van der Waals surface area (Å²) in [5.74, 6) is -0.0853. The van der Waals surface area contributed by atoms with Gasteiger partial charge in [0.05, 0.1) is 5.56 Å². The van der Waals surface area contributed by atoms with Gasteiger partial charge in [0.1, 0.15) is 0 Å². The molecule has 1 amide bonds. The SMILES string of the molecule is Cl.NCCNC(=O)c1c[nH]c2ccccc12. The van der Waals surface area contributed by atoms with Gasteiger partial charge < -0.3 is 16.0 Å². The minimum Gasteiger partial charge on any atom is -0.360 e. The molecule has 16 heavy (non-hydrogen) atoms. The number of H-pyrrole nitrogens is 1. The number of hydrogen-bond acceptors (Lipinski definition) is 2.